The van der Waals surface area contributed by atoms with E-state index in [0.717, 1.165) is 32.1 Å². The van der Waals surface area contributed by atoms with Gasteiger partial charge in [0, 0.05) is 19.3 Å². The Bertz CT molecular complexity index is 672. The van der Waals surface area contributed by atoms with Gasteiger partial charge in [-0.2, -0.15) is 0 Å². The molecule has 39 heavy (non-hydrogen) atoms. The smallest absolute Gasteiger partial charge is 0.362 e. The maximum Gasteiger partial charge on any atom is 0.362 e. The lowest BCUT2D eigenvalue weighted by molar-refractivity contribution is -0.887. The predicted octanol–water partition coefficient (Wildman–Crippen LogP) is 6.46. The zero-order valence-corrected chi connectivity index (χ0v) is 25.6. The average Bonchev–Trinajstić information content (AvgIpc) is 2.86. The summed E-state index contributed by atoms with van der Waals surface area (Å²) < 4.78 is 16.9. The Balaban J connectivity index is 4.58. The number of quaternary nitrogens is 1. The minimum atomic E-state index is -0.882. The second-order valence-electron chi connectivity index (χ2n) is 11.4. The molecule has 0 saturated heterocycles. The van der Waals surface area contributed by atoms with Gasteiger partial charge in [0.25, 0.3) is 0 Å². The third-order valence-electron chi connectivity index (χ3n) is 6.68. The van der Waals surface area contributed by atoms with Crippen LogP contribution in [0.2, 0.25) is 0 Å². The molecule has 0 rings (SSSR count). The van der Waals surface area contributed by atoms with Crippen LogP contribution in [-0.2, 0) is 28.6 Å². The summed E-state index contributed by atoms with van der Waals surface area (Å²) in [4.78, 5) is 36.2. The number of nitrogens with zero attached hydrogens (tertiary/aromatic N) is 1. The molecule has 0 amide bonds. The number of carboxylic acids is 1. The molecular formula is C31H58NO7+. The molecule has 0 spiro atoms. The van der Waals surface area contributed by atoms with Crippen molar-refractivity contribution in [3.63, 3.8) is 0 Å². The van der Waals surface area contributed by atoms with Crippen molar-refractivity contribution in [2.45, 2.75) is 129 Å². The Labute approximate surface area is 238 Å². The van der Waals surface area contributed by atoms with E-state index in [4.69, 9.17) is 14.2 Å². The van der Waals surface area contributed by atoms with Crippen LogP contribution in [0.25, 0.3) is 0 Å². The molecule has 0 radical (unpaired) electrons. The highest BCUT2D eigenvalue weighted by atomic mass is 16.6. The first-order valence-electron chi connectivity index (χ1n) is 15.2. The van der Waals surface area contributed by atoms with Crippen molar-refractivity contribution in [1.82, 2.24) is 0 Å². The number of aliphatic carboxylic acids is 1. The van der Waals surface area contributed by atoms with Gasteiger partial charge in [0.1, 0.15) is 6.61 Å². The SMILES string of the molecule is CCCCC/C=C/CCC(=O)OCC(COCCC(C(=O)O)[N+](C)(C)C)OC(=O)CCCCCCCCCC. The zero-order valence-electron chi connectivity index (χ0n) is 25.6. The molecule has 0 aromatic carbocycles. The van der Waals surface area contributed by atoms with Crippen LogP contribution >= 0.6 is 0 Å². The van der Waals surface area contributed by atoms with E-state index in [0.29, 0.717) is 19.3 Å². The number of unbranched alkanes of at least 4 members (excludes halogenated alkanes) is 10. The molecule has 0 bridgehead atoms. The van der Waals surface area contributed by atoms with E-state index in [1.807, 2.05) is 27.2 Å². The number of likely N-dealkylation sites (N-methyl/N-ethyl adjacent to an activating group) is 1. The van der Waals surface area contributed by atoms with Gasteiger partial charge in [0.2, 0.25) is 0 Å². The highest BCUT2D eigenvalue weighted by molar-refractivity contribution is 5.72. The number of allylic oxidation sites excluding steroid dienone is 2. The molecule has 2 atom stereocenters. The van der Waals surface area contributed by atoms with Gasteiger partial charge in [-0.3, -0.25) is 9.59 Å². The summed E-state index contributed by atoms with van der Waals surface area (Å²) in [6, 6.07) is -0.610. The lowest BCUT2D eigenvalue weighted by atomic mass is 10.1. The first-order chi connectivity index (χ1) is 18.6. The lowest BCUT2D eigenvalue weighted by Gasteiger charge is -2.31. The predicted molar refractivity (Wildman–Crippen MR) is 155 cm³/mol. The molecule has 2 unspecified atom stereocenters. The largest absolute Gasteiger partial charge is 0.477 e. The van der Waals surface area contributed by atoms with Crippen LogP contribution in [0.4, 0.5) is 0 Å². The Hall–Kier alpha value is -1.93. The maximum atomic E-state index is 12.4. The maximum absolute atomic E-state index is 12.4. The quantitative estimate of drug-likeness (QED) is 0.0565. The van der Waals surface area contributed by atoms with E-state index in [9.17, 15) is 19.5 Å². The number of carbonyl (C=O) groups excluding carboxylic acids is 2. The van der Waals surface area contributed by atoms with E-state index in [1.165, 1.54) is 44.9 Å². The van der Waals surface area contributed by atoms with Gasteiger partial charge >= 0.3 is 17.9 Å². The normalized spacial score (nSPS) is 13.4. The van der Waals surface area contributed by atoms with Crippen molar-refractivity contribution in [3.8, 4) is 0 Å². The Morgan fingerprint density at radius 2 is 1.33 bits per heavy atom. The second-order valence-corrected chi connectivity index (χ2v) is 11.4. The third-order valence-corrected chi connectivity index (χ3v) is 6.68. The van der Waals surface area contributed by atoms with Crippen molar-refractivity contribution in [1.29, 1.82) is 0 Å². The van der Waals surface area contributed by atoms with Crippen LogP contribution in [0.5, 0.6) is 0 Å². The fourth-order valence-corrected chi connectivity index (χ4v) is 4.22. The molecule has 0 aliphatic carbocycles. The highest BCUT2D eigenvalue weighted by Crippen LogP contribution is 2.12. The van der Waals surface area contributed by atoms with Gasteiger partial charge in [0.05, 0.1) is 34.4 Å². The van der Waals surface area contributed by atoms with Gasteiger partial charge < -0.3 is 23.8 Å². The van der Waals surface area contributed by atoms with Gasteiger partial charge in [0.15, 0.2) is 12.1 Å². The van der Waals surface area contributed by atoms with Gasteiger partial charge in [-0.25, -0.2) is 4.79 Å². The number of ether oxygens (including phenoxy) is 3. The van der Waals surface area contributed by atoms with Crippen LogP contribution in [0.1, 0.15) is 117 Å². The molecule has 0 fully saturated rings. The van der Waals surface area contributed by atoms with Gasteiger partial charge in [-0.05, 0) is 25.7 Å². The van der Waals surface area contributed by atoms with Crippen molar-refractivity contribution >= 4 is 17.9 Å². The Morgan fingerprint density at radius 1 is 0.744 bits per heavy atom. The van der Waals surface area contributed by atoms with Crippen LogP contribution in [-0.4, -0.2) is 80.6 Å². The summed E-state index contributed by atoms with van der Waals surface area (Å²) in [6.07, 6.45) is 18.6. The van der Waals surface area contributed by atoms with Crippen LogP contribution in [0.15, 0.2) is 12.2 Å². The molecule has 8 nitrogen and oxygen atoms in total. The summed E-state index contributed by atoms with van der Waals surface area (Å²) in [5.41, 5.74) is 0. The molecule has 0 aliphatic heterocycles. The minimum Gasteiger partial charge on any atom is -0.477 e. The molecule has 0 aromatic heterocycles. The standard InChI is InChI=1S/C31H57NO7/c1-6-8-10-12-14-16-18-20-22-30(34)39-27(25-37-24-23-28(31(35)36)32(3,4)5)26-38-29(33)21-19-17-15-13-11-9-7-2/h15,17,27-28H,6-14,16,18-26H2,1-5H3/p+1/b17-15+. The molecular weight excluding hydrogens is 498 g/mol. The Morgan fingerprint density at radius 3 is 1.95 bits per heavy atom. The second kappa shape index (κ2) is 23.9. The molecule has 1 N–H and O–H groups in total. The average molecular weight is 557 g/mol. The number of carbonyl (C=O) groups is 3. The molecule has 8 heteroatoms. The van der Waals surface area contributed by atoms with E-state index in [-0.39, 0.29) is 42.7 Å². The minimum absolute atomic E-state index is 0.0528. The fourth-order valence-electron chi connectivity index (χ4n) is 4.22. The van der Waals surface area contributed by atoms with E-state index < -0.39 is 18.1 Å². The third kappa shape index (κ3) is 22.6. The van der Waals surface area contributed by atoms with E-state index >= 15 is 0 Å². The molecule has 0 heterocycles. The first kappa shape index (κ1) is 37.1. The zero-order chi connectivity index (χ0) is 29.4. The molecule has 0 aliphatic rings. The monoisotopic (exact) mass is 556 g/mol. The fraction of sp³-hybridized carbons (Fsp3) is 0.839. The lowest BCUT2D eigenvalue weighted by Crippen LogP contribution is -2.50. The number of esters is 2. The number of carboxylic acid groups (broad SMARTS) is 1. The van der Waals surface area contributed by atoms with Crippen molar-refractivity contribution in [2.24, 2.45) is 0 Å². The summed E-state index contributed by atoms with van der Waals surface area (Å²) in [5, 5.41) is 9.50. The highest BCUT2D eigenvalue weighted by Gasteiger charge is 2.31. The molecule has 0 saturated carbocycles. The van der Waals surface area contributed by atoms with E-state index in [1.54, 1.807) is 0 Å². The first-order valence-corrected chi connectivity index (χ1v) is 15.2. The number of hydrogen-bond donors (Lipinski definition) is 1. The number of hydrogen-bond acceptors (Lipinski definition) is 6. The van der Waals surface area contributed by atoms with Crippen LogP contribution in [0.3, 0.4) is 0 Å². The van der Waals surface area contributed by atoms with Crippen molar-refractivity contribution < 1.29 is 38.2 Å². The molecule has 228 valence electrons. The van der Waals surface area contributed by atoms with Gasteiger partial charge in [-0.1, -0.05) is 83.8 Å². The van der Waals surface area contributed by atoms with Crippen molar-refractivity contribution in [3.05, 3.63) is 12.2 Å². The number of rotatable bonds is 26. The van der Waals surface area contributed by atoms with Crippen LogP contribution in [0, 0.1) is 0 Å². The summed E-state index contributed by atoms with van der Waals surface area (Å²) in [5.74, 6) is -1.54. The van der Waals surface area contributed by atoms with E-state index in [2.05, 4.69) is 19.9 Å². The summed E-state index contributed by atoms with van der Waals surface area (Å²) in [6.45, 7) is 4.56. The summed E-state index contributed by atoms with van der Waals surface area (Å²) >= 11 is 0. The van der Waals surface area contributed by atoms with Gasteiger partial charge in [-0.15, -0.1) is 0 Å². The summed E-state index contributed by atoms with van der Waals surface area (Å²) in [7, 11) is 5.48. The van der Waals surface area contributed by atoms with Crippen molar-refractivity contribution in [2.75, 3.05) is 41.0 Å². The Kier molecular flexibility index (Phi) is 22.7. The molecule has 0 aromatic rings. The topological polar surface area (TPSA) is 99.1 Å². The van der Waals surface area contributed by atoms with Crippen LogP contribution < -0.4 is 0 Å².